The highest BCUT2D eigenvalue weighted by atomic mass is 32.2. The second-order valence-electron chi connectivity index (χ2n) is 2.73. The van der Waals surface area contributed by atoms with Gasteiger partial charge in [0.05, 0.1) is 0 Å². The molecule has 0 bridgehead atoms. The monoisotopic (exact) mass is 208 g/mol. The Labute approximate surface area is 87.4 Å². The van der Waals surface area contributed by atoms with E-state index in [9.17, 15) is 4.79 Å². The van der Waals surface area contributed by atoms with E-state index in [-0.39, 0.29) is 11.1 Å². The van der Waals surface area contributed by atoms with E-state index in [0.717, 1.165) is 11.5 Å². The van der Waals surface area contributed by atoms with Gasteiger partial charge >= 0.3 is 0 Å². The molecule has 0 aromatic carbocycles. The Morgan fingerprint density at radius 1 is 1.64 bits per heavy atom. The average Bonchev–Trinajstić information content (AvgIpc) is 2.21. The maximum atomic E-state index is 11.5. The van der Waals surface area contributed by atoms with Crippen molar-refractivity contribution in [2.45, 2.75) is 13.5 Å². The molecule has 1 aromatic heterocycles. The minimum absolute atomic E-state index is 0.188. The fourth-order valence-corrected chi connectivity index (χ4v) is 1.72. The molecule has 4 heteroatoms. The molecule has 0 radical (unpaired) electrons. The minimum Gasteiger partial charge on any atom is -0.314 e. The van der Waals surface area contributed by atoms with Crippen LogP contribution in [0.25, 0.3) is 0 Å². The Kier molecular flexibility index (Phi) is 4.27. The fourth-order valence-electron chi connectivity index (χ4n) is 1.11. The molecule has 0 aliphatic heterocycles. The summed E-state index contributed by atoms with van der Waals surface area (Å²) >= 11 is 1.78. The number of hydrogen-bond donors (Lipinski definition) is 0. The molecule has 0 saturated heterocycles. The maximum Gasteiger partial charge on any atom is 0.268 e. The summed E-state index contributed by atoms with van der Waals surface area (Å²) in [6.45, 7) is 2.76. The molecule has 0 atom stereocenters. The van der Waals surface area contributed by atoms with Gasteiger partial charge in [0.15, 0.2) is 0 Å². The molecular formula is C10H12N2OS. The van der Waals surface area contributed by atoms with Crippen LogP contribution < -0.4 is 5.56 Å². The van der Waals surface area contributed by atoms with Gasteiger partial charge in [-0.2, -0.15) is 17.0 Å². The maximum absolute atomic E-state index is 11.5. The lowest BCUT2D eigenvalue weighted by Crippen LogP contribution is -2.22. The van der Waals surface area contributed by atoms with Crippen molar-refractivity contribution < 1.29 is 0 Å². The van der Waals surface area contributed by atoms with Gasteiger partial charge in [-0.1, -0.05) is 6.92 Å². The van der Waals surface area contributed by atoms with Gasteiger partial charge in [-0.3, -0.25) is 4.79 Å². The quantitative estimate of drug-likeness (QED) is 0.704. The molecule has 0 aliphatic rings. The topological polar surface area (TPSA) is 45.8 Å². The molecule has 3 nitrogen and oxygen atoms in total. The molecule has 0 unspecified atom stereocenters. The van der Waals surface area contributed by atoms with Crippen LogP contribution in [0.2, 0.25) is 0 Å². The lowest BCUT2D eigenvalue weighted by molar-refractivity contribution is 0.732. The van der Waals surface area contributed by atoms with E-state index in [4.69, 9.17) is 5.26 Å². The van der Waals surface area contributed by atoms with Crippen LogP contribution in [0.1, 0.15) is 12.5 Å². The minimum atomic E-state index is -0.188. The summed E-state index contributed by atoms with van der Waals surface area (Å²) in [5.74, 6) is 1.96. The van der Waals surface area contributed by atoms with E-state index in [1.54, 1.807) is 34.7 Å². The van der Waals surface area contributed by atoms with E-state index in [0.29, 0.717) is 6.54 Å². The number of aromatic nitrogens is 1. The molecule has 0 N–H and O–H groups in total. The van der Waals surface area contributed by atoms with Crippen molar-refractivity contribution in [3.8, 4) is 6.07 Å². The third-order valence-corrected chi connectivity index (χ3v) is 2.70. The first-order valence-electron chi connectivity index (χ1n) is 4.47. The summed E-state index contributed by atoms with van der Waals surface area (Å²) in [5.41, 5.74) is 0.0284. The Hall–Kier alpha value is -1.21. The van der Waals surface area contributed by atoms with Gasteiger partial charge in [-0.25, -0.2) is 0 Å². The van der Waals surface area contributed by atoms with Crippen molar-refractivity contribution in [3.63, 3.8) is 0 Å². The Morgan fingerprint density at radius 2 is 2.43 bits per heavy atom. The largest absolute Gasteiger partial charge is 0.314 e. The summed E-state index contributed by atoms with van der Waals surface area (Å²) in [6, 6.07) is 5.17. The first-order valence-corrected chi connectivity index (χ1v) is 5.62. The molecule has 14 heavy (non-hydrogen) atoms. The Morgan fingerprint density at radius 3 is 3.07 bits per heavy atom. The smallest absolute Gasteiger partial charge is 0.268 e. The lowest BCUT2D eigenvalue weighted by atomic mass is 10.3. The number of hydrogen-bond acceptors (Lipinski definition) is 3. The van der Waals surface area contributed by atoms with E-state index < -0.39 is 0 Å². The summed E-state index contributed by atoms with van der Waals surface area (Å²) in [6.07, 6.45) is 1.72. The highest BCUT2D eigenvalue weighted by Crippen LogP contribution is 1.99. The van der Waals surface area contributed by atoms with Gasteiger partial charge in [0.1, 0.15) is 11.6 Å². The normalized spacial score (nSPS) is 9.71. The van der Waals surface area contributed by atoms with Gasteiger partial charge in [-0.05, 0) is 17.9 Å². The highest BCUT2D eigenvalue weighted by Gasteiger charge is 2.00. The zero-order chi connectivity index (χ0) is 10.4. The Balaban J connectivity index is 2.79. The van der Waals surface area contributed by atoms with Crippen LogP contribution in [-0.4, -0.2) is 16.1 Å². The SMILES string of the molecule is CCSCCn1cccc(C#N)c1=O. The van der Waals surface area contributed by atoms with Crippen molar-refractivity contribution >= 4 is 11.8 Å². The molecule has 0 amide bonds. The predicted molar refractivity (Wildman–Crippen MR) is 58.4 cm³/mol. The predicted octanol–water partition coefficient (Wildman–Crippen LogP) is 1.47. The van der Waals surface area contributed by atoms with Crippen molar-refractivity contribution in [1.29, 1.82) is 5.26 Å². The van der Waals surface area contributed by atoms with Crippen LogP contribution in [-0.2, 0) is 6.54 Å². The summed E-state index contributed by atoms with van der Waals surface area (Å²) in [5, 5.41) is 8.65. The molecule has 74 valence electrons. The third kappa shape index (κ3) is 2.64. The number of thioether (sulfide) groups is 1. The molecule has 1 rings (SSSR count). The van der Waals surface area contributed by atoms with Crippen LogP contribution in [0, 0.1) is 11.3 Å². The first kappa shape index (κ1) is 10.9. The molecule has 0 fully saturated rings. The van der Waals surface area contributed by atoms with Crippen LogP contribution in [0.15, 0.2) is 23.1 Å². The second kappa shape index (κ2) is 5.51. The Bertz CT molecular complexity index is 392. The first-order chi connectivity index (χ1) is 6.79. The fraction of sp³-hybridized carbons (Fsp3) is 0.400. The van der Waals surface area contributed by atoms with Crippen LogP contribution in [0.5, 0.6) is 0 Å². The number of nitriles is 1. The number of nitrogens with zero attached hydrogens (tertiary/aromatic N) is 2. The van der Waals surface area contributed by atoms with Gasteiger partial charge in [-0.15, -0.1) is 0 Å². The molecule has 1 aromatic rings. The molecular weight excluding hydrogens is 196 g/mol. The lowest BCUT2D eigenvalue weighted by Gasteiger charge is -2.03. The van der Waals surface area contributed by atoms with Gasteiger partial charge in [0, 0.05) is 18.5 Å². The van der Waals surface area contributed by atoms with Crippen molar-refractivity contribution in [2.75, 3.05) is 11.5 Å². The van der Waals surface area contributed by atoms with Crippen molar-refractivity contribution in [2.24, 2.45) is 0 Å². The van der Waals surface area contributed by atoms with Crippen LogP contribution >= 0.6 is 11.8 Å². The van der Waals surface area contributed by atoms with Crippen molar-refractivity contribution in [1.82, 2.24) is 4.57 Å². The van der Waals surface area contributed by atoms with Gasteiger partial charge in [0.2, 0.25) is 0 Å². The number of pyridine rings is 1. The summed E-state index contributed by atoms with van der Waals surface area (Å²) < 4.78 is 1.58. The summed E-state index contributed by atoms with van der Waals surface area (Å²) in [4.78, 5) is 11.5. The third-order valence-electron chi connectivity index (χ3n) is 1.82. The molecule has 1 heterocycles. The van der Waals surface area contributed by atoms with Gasteiger partial charge < -0.3 is 4.57 Å². The number of rotatable bonds is 4. The van der Waals surface area contributed by atoms with Crippen molar-refractivity contribution in [3.05, 3.63) is 34.2 Å². The van der Waals surface area contributed by atoms with Gasteiger partial charge in [0.25, 0.3) is 5.56 Å². The van der Waals surface area contributed by atoms with Crippen LogP contribution in [0.4, 0.5) is 0 Å². The van der Waals surface area contributed by atoms with Crippen LogP contribution in [0.3, 0.4) is 0 Å². The molecule has 0 spiro atoms. The van der Waals surface area contributed by atoms with E-state index >= 15 is 0 Å². The average molecular weight is 208 g/mol. The zero-order valence-corrected chi connectivity index (χ0v) is 8.88. The number of aryl methyl sites for hydroxylation is 1. The van der Waals surface area contributed by atoms with E-state index in [1.807, 2.05) is 6.07 Å². The molecule has 0 aliphatic carbocycles. The highest BCUT2D eigenvalue weighted by molar-refractivity contribution is 7.99. The molecule has 0 saturated carbocycles. The standard InChI is InChI=1S/C10H12N2OS/c1-2-14-7-6-12-5-3-4-9(8-11)10(12)13/h3-5H,2,6-7H2,1H3. The zero-order valence-electron chi connectivity index (χ0n) is 8.06. The van der Waals surface area contributed by atoms with E-state index in [1.165, 1.54) is 0 Å². The van der Waals surface area contributed by atoms with E-state index in [2.05, 4.69) is 6.92 Å². The second-order valence-corrected chi connectivity index (χ2v) is 4.12. The summed E-state index contributed by atoms with van der Waals surface area (Å²) in [7, 11) is 0.